The van der Waals surface area contributed by atoms with E-state index in [0.29, 0.717) is 0 Å². The van der Waals surface area contributed by atoms with Crippen molar-refractivity contribution in [2.45, 2.75) is 46.1 Å². The molecular formula is C14H19BO2. The van der Waals surface area contributed by atoms with E-state index in [0.717, 1.165) is 40.7 Å². The van der Waals surface area contributed by atoms with Gasteiger partial charge in [0.1, 0.15) is 19.2 Å². The fraction of sp³-hybridized carbons (Fsp3) is 0.571. The minimum absolute atomic E-state index is 0.0500. The first-order chi connectivity index (χ1) is 7.89. The van der Waals surface area contributed by atoms with Crippen LogP contribution in [0.3, 0.4) is 0 Å². The summed E-state index contributed by atoms with van der Waals surface area (Å²) in [6.07, 6.45) is 1.75. The van der Waals surface area contributed by atoms with Gasteiger partial charge in [-0.05, 0) is 51.7 Å². The highest BCUT2D eigenvalue weighted by Crippen LogP contribution is 2.37. The topological polar surface area (TPSA) is 29.5 Å². The van der Waals surface area contributed by atoms with Crippen molar-refractivity contribution in [1.29, 1.82) is 0 Å². The fourth-order valence-electron chi connectivity index (χ4n) is 2.45. The fourth-order valence-corrected chi connectivity index (χ4v) is 2.45. The van der Waals surface area contributed by atoms with Gasteiger partial charge in [-0.3, -0.25) is 0 Å². The Hall–Kier alpha value is -0.955. The van der Waals surface area contributed by atoms with Crippen LogP contribution in [-0.4, -0.2) is 25.2 Å². The van der Waals surface area contributed by atoms with Gasteiger partial charge in [0.15, 0.2) is 0 Å². The average molecular weight is 230 g/mol. The Bertz CT molecular complexity index is 468. The zero-order chi connectivity index (χ0) is 12.8. The molecule has 1 aromatic rings. The van der Waals surface area contributed by atoms with Crippen LogP contribution in [0.5, 0.6) is 5.75 Å². The lowest BCUT2D eigenvalue weighted by molar-refractivity contribution is 0.00735. The molecule has 3 heteroatoms. The zero-order valence-electron chi connectivity index (χ0n) is 11.1. The highest BCUT2D eigenvalue weighted by molar-refractivity contribution is 6.34. The summed E-state index contributed by atoms with van der Waals surface area (Å²) in [5.74, 6) is 0.928. The van der Waals surface area contributed by atoms with Crippen LogP contribution >= 0.6 is 0 Å². The average Bonchev–Trinajstić information content (AvgIpc) is 2.33. The van der Waals surface area contributed by atoms with Crippen molar-refractivity contribution in [2.75, 3.05) is 6.61 Å². The number of aliphatic hydroxyl groups excluding tert-OH is 1. The van der Waals surface area contributed by atoms with Gasteiger partial charge in [-0.25, -0.2) is 0 Å². The molecule has 2 rings (SSSR count). The van der Waals surface area contributed by atoms with Crippen molar-refractivity contribution in [3.63, 3.8) is 0 Å². The highest BCUT2D eigenvalue weighted by Gasteiger charge is 2.33. The second-order valence-corrected chi connectivity index (χ2v) is 5.31. The van der Waals surface area contributed by atoms with Crippen molar-refractivity contribution in [3.8, 4) is 5.75 Å². The van der Waals surface area contributed by atoms with Crippen molar-refractivity contribution in [3.05, 3.63) is 22.3 Å². The molecule has 0 amide bonds. The molecule has 90 valence electrons. The third-order valence-corrected chi connectivity index (χ3v) is 4.02. The predicted molar refractivity (Wildman–Crippen MR) is 70.5 cm³/mol. The summed E-state index contributed by atoms with van der Waals surface area (Å²) in [7, 11) is 6.10. The highest BCUT2D eigenvalue weighted by atomic mass is 16.5. The van der Waals surface area contributed by atoms with E-state index in [1.807, 2.05) is 27.7 Å². The molecule has 17 heavy (non-hydrogen) atoms. The predicted octanol–water partition coefficient (Wildman–Crippen LogP) is 1.48. The molecule has 2 nitrogen and oxygen atoms in total. The molecule has 1 aromatic carbocycles. The van der Waals surface area contributed by atoms with E-state index in [1.54, 1.807) is 0 Å². The maximum Gasteiger partial charge on any atom is 0.129 e. The van der Waals surface area contributed by atoms with E-state index in [1.165, 1.54) is 5.56 Å². The summed E-state index contributed by atoms with van der Waals surface area (Å²) in [6, 6.07) is 0. The van der Waals surface area contributed by atoms with Crippen molar-refractivity contribution in [1.82, 2.24) is 0 Å². The van der Waals surface area contributed by atoms with Gasteiger partial charge in [0, 0.05) is 0 Å². The molecule has 0 aromatic heterocycles. The van der Waals surface area contributed by atoms with E-state index in [9.17, 15) is 5.11 Å². The lowest BCUT2D eigenvalue weighted by Crippen LogP contribution is -2.41. The van der Waals surface area contributed by atoms with Crippen LogP contribution in [-0.2, 0) is 6.42 Å². The van der Waals surface area contributed by atoms with Crippen LogP contribution < -0.4 is 10.2 Å². The third-order valence-electron chi connectivity index (χ3n) is 4.02. The molecule has 1 heterocycles. The summed E-state index contributed by atoms with van der Waals surface area (Å²) >= 11 is 0. The van der Waals surface area contributed by atoms with Gasteiger partial charge >= 0.3 is 0 Å². The van der Waals surface area contributed by atoms with Gasteiger partial charge < -0.3 is 9.84 Å². The number of aliphatic hydroxyl groups is 1. The standard InChI is InChI=1S/C14H19BO2/c1-8-9(2)13-11(10(3)12(8)15)5-6-14(4,7-16)17-13/h16H,5-7H2,1-4H3. The largest absolute Gasteiger partial charge is 0.485 e. The monoisotopic (exact) mass is 230 g/mol. The SMILES string of the molecule is [B]c1c(C)c(C)c2c(c1C)CCC(C)(CO)O2. The van der Waals surface area contributed by atoms with Crippen molar-refractivity contribution < 1.29 is 9.84 Å². The van der Waals surface area contributed by atoms with Crippen molar-refractivity contribution >= 4 is 13.3 Å². The van der Waals surface area contributed by atoms with Crippen molar-refractivity contribution in [2.24, 2.45) is 0 Å². The zero-order valence-corrected chi connectivity index (χ0v) is 11.1. The first-order valence-electron chi connectivity index (χ1n) is 6.07. The maximum atomic E-state index is 9.41. The number of benzene rings is 1. The molecule has 1 unspecified atom stereocenters. The smallest absolute Gasteiger partial charge is 0.129 e. The summed E-state index contributed by atoms with van der Waals surface area (Å²) in [4.78, 5) is 0. The Balaban J connectivity index is 2.59. The summed E-state index contributed by atoms with van der Waals surface area (Å²) in [5.41, 5.74) is 4.94. The van der Waals surface area contributed by atoms with Gasteiger partial charge in [-0.1, -0.05) is 16.6 Å². The van der Waals surface area contributed by atoms with Crippen LogP contribution in [0, 0.1) is 20.8 Å². The first kappa shape index (κ1) is 12.5. The van der Waals surface area contributed by atoms with Gasteiger partial charge in [0.2, 0.25) is 0 Å². The number of fused-ring (bicyclic) bond motifs is 1. The molecule has 1 atom stereocenters. The van der Waals surface area contributed by atoms with E-state index < -0.39 is 5.60 Å². The molecule has 0 aliphatic carbocycles. The quantitative estimate of drug-likeness (QED) is 0.740. The third kappa shape index (κ3) is 1.87. The molecule has 0 bridgehead atoms. The molecular weight excluding hydrogens is 211 g/mol. The summed E-state index contributed by atoms with van der Waals surface area (Å²) in [6.45, 7) is 8.11. The second kappa shape index (κ2) is 4.06. The summed E-state index contributed by atoms with van der Waals surface area (Å²) < 4.78 is 6.01. The van der Waals surface area contributed by atoms with Crippen LogP contribution in [0.4, 0.5) is 0 Å². The Kier molecular flexibility index (Phi) is 2.98. The molecule has 1 N–H and O–H groups in total. The molecule has 2 radical (unpaired) electrons. The Morgan fingerprint density at radius 3 is 2.47 bits per heavy atom. The number of hydrogen-bond acceptors (Lipinski definition) is 2. The maximum absolute atomic E-state index is 9.41. The molecule has 0 saturated heterocycles. The first-order valence-corrected chi connectivity index (χ1v) is 6.07. The minimum Gasteiger partial charge on any atom is -0.485 e. The lowest BCUT2D eigenvalue weighted by atomic mass is 9.79. The van der Waals surface area contributed by atoms with Crippen LogP contribution in [0.15, 0.2) is 0 Å². The van der Waals surface area contributed by atoms with E-state index >= 15 is 0 Å². The molecule has 0 spiro atoms. The molecule has 0 fully saturated rings. The Labute approximate surface area is 104 Å². The summed E-state index contributed by atoms with van der Waals surface area (Å²) in [5, 5.41) is 9.41. The Morgan fingerprint density at radius 1 is 1.24 bits per heavy atom. The number of ether oxygens (including phenoxy) is 1. The lowest BCUT2D eigenvalue weighted by Gasteiger charge is -2.37. The molecule has 1 aliphatic rings. The van der Waals surface area contributed by atoms with Crippen LogP contribution in [0.1, 0.15) is 35.6 Å². The Morgan fingerprint density at radius 2 is 1.88 bits per heavy atom. The second-order valence-electron chi connectivity index (χ2n) is 5.31. The van der Waals surface area contributed by atoms with E-state index in [2.05, 4.69) is 0 Å². The van der Waals surface area contributed by atoms with E-state index in [-0.39, 0.29) is 6.61 Å². The normalized spacial score (nSPS) is 23.1. The van der Waals surface area contributed by atoms with E-state index in [4.69, 9.17) is 12.6 Å². The van der Waals surface area contributed by atoms with Crippen LogP contribution in [0.2, 0.25) is 0 Å². The number of rotatable bonds is 1. The molecule has 0 saturated carbocycles. The van der Waals surface area contributed by atoms with Gasteiger partial charge in [0.05, 0.1) is 6.61 Å². The van der Waals surface area contributed by atoms with Gasteiger partial charge in [0.25, 0.3) is 0 Å². The van der Waals surface area contributed by atoms with Gasteiger partial charge in [-0.2, -0.15) is 0 Å². The molecule has 1 aliphatic heterocycles. The van der Waals surface area contributed by atoms with Gasteiger partial charge in [-0.15, -0.1) is 0 Å². The number of hydrogen-bond donors (Lipinski definition) is 1. The van der Waals surface area contributed by atoms with Crippen LogP contribution in [0.25, 0.3) is 0 Å². The minimum atomic E-state index is -0.452.